The van der Waals surface area contributed by atoms with Gasteiger partial charge in [-0.25, -0.2) is 0 Å². The minimum absolute atomic E-state index is 0.165. The van der Waals surface area contributed by atoms with E-state index in [1.807, 2.05) is 19.1 Å². The molecular formula is C16H17F3N2. The van der Waals surface area contributed by atoms with E-state index in [0.717, 1.165) is 11.6 Å². The molecule has 0 saturated heterocycles. The molecule has 0 aliphatic heterocycles. The van der Waals surface area contributed by atoms with E-state index >= 15 is 0 Å². The summed E-state index contributed by atoms with van der Waals surface area (Å²) in [7, 11) is 0. The number of benzene rings is 1. The first-order valence-corrected chi connectivity index (χ1v) is 6.80. The third-order valence-corrected chi connectivity index (χ3v) is 3.23. The van der Waals surface area contributed by atoms with Gasteiger partial charge in [0, 0.05) is 18.4 Å². The Labute approximate surface area is 122 Å². The molecule has 1 unspecified atom stereocenters. The summed E-state index contributed by atoms with van der Waals surface area (Å²) in [4.78, 5) is 4.04. The smallest absolute Gasteiger partial charge is 0.310 e. The van der Waals surface area contributed by atoms with E-state index in [-0.39, 0.29) is 6.04 Å². The summed E-state index contributed by atoms with van der Waals surface area (Å²) in [5.74, 6) is 0. The van der Waals surface area contributed by atoms with Crippen LogP contribution in [-0.4, -0.2) is 11.5 Å². The summed E-state index contributed by atoms with van der Waals surface area (Å²) in [6.45, 7) is 2.62. The molecule has 21 heavy (non-hydrogen) atoms. The highest BCUT2D eigenvalue weighted by Gasteiger charge is 2.30. The molecule has 1 aromatic carbocycles. The number of aromatic nitrogens is 1. The number of nitrogens with zero attached hydrogens (tertiary/aromatic N) is 1. The predicted octanol–water partition coefficient (Wildman–Crippen LogP) is 3.99. The Morgan fingerprint density at radius 3 is 2.62 bits per heavy atom. The van der Waals surface area contributed by atoms with Crippen LogP contribution in [0.4, 0.5) is 13.2 Å². The van der Waals surface area contributed by atoms with Crippen molar-refractivity contribution in [3.8, 4) is 0 Å². The molecular weight excluding hydrogens is 277 g/mol. The Bertz CT molecular complexity index is 567. The molecule has 5 heteroatoms. The summed E-state index contributed by atoms with van der Waals surface area (Å²) < 4.78 is 38.4. The van der Waals surface area contributed by atoms with E-state index < -0.39 is 11.7 Å². The topological polar surface area (TPSA) is 24.9 Å². The van der Waals surface area contributed by atoms with Gasteiger partial charge >= 0.3 is 6.18 Å². The molecule has 2 nitrogen and oxygen atoms in total. The standard InChI is InChI=1S/C16H17F3N2/c1-2-21-15(9-12-5-4-8-20-11-12)13-6-3-7-14(10-13)16(17,18)19/h3-8,10-11,15,21H,2,9H2,1H3. The third-order valence-electron chi connectivity index (χ3n) is 3.23. The molecule has 0 amide bonds. The quantitative estimate of drug-likeness (QED) is 0.901. The fraction of sp³-hybridized carbons (Fsp3) is 0.312. The fourth-order valence-corrected chi connectivity index (χ4v) is 2.24. The maximum absolute atomic E-state index is 12.8. The van der Waals surface area contributed by atoms with E-state index in [1.165, 1.54) is 12.1 Å². The highest BCUT2D eigenvalue weighted by molar-refractivity contribution is 5.29. The van der Waals surface area contributed by atoms with Crippen molar-refractivity contribution in [3.63, 3.8) is 0 Å². The monoisotopic (exact) mass is 294 g/mol. The fourth-order valence-electron chi connectivity index (χ4n) is 2.24. The SMILES string of the molecule is CCNC(Cc1cccnc1)c1cccc(C(F)(F)F)c1. The molecule has 0 radical (unpaired) electrons. The number of likely N-dealkylation sites (N-methyl/N-ethyl adjacent to an activating group) is 1. The second-order valence-corrected chi connectivity index (χ2v) is 4.80. The zero-order valence-corrected chi connectivity index (χ0v) is 11.7. The maximum atomic E-state index is 12.8. The third kappa shape index (κ3) is 4.29. The molecule has 2 rings (SSSR count). The summed E-state index contributed by atoms with van der Waals surface area (Å²) in [5.41, 5.74) is 1.01. The van der Waals surface area contributed by atoms with E-state index in [4.69, 9.17) is 0 Å². The Morgan fingerprint density at radius 2 is 2.00 bits per heavy atom. The van der Waals surface area contributed by atoms with Gasteiger partial charge in [-0.15, -0.1) is 0 Å². The van der Waals surface area contributed by atoms with Crippen molar-refractivity contribution in [3.05, 3.63) is 65.5 Å². The number of alkyl halides is 3. The van der Waals surface area contributed by atoms with E-state index in [2.05, 4.69) is 10.3 Å². The first-order valence-electron chi connectivity index (χ1n) is 6.80. The van der Waals surface area contributed by atoms with Crippen LogP contribution in [0.2, 0.25) is 0 Å². The molecule has 2 aromatic rings. The van der Waals surface area contributed by atoms with Crippen molar-refractivity contribution < 1.29 is 13.2 Å². The molecule has 1 aromatic heterocycles. The number of pyridine rings is 1. The minimum atomic E-state index is -4.32. The Balaban J connectivity index is 2.26. The van der Waals surface area contributed by atoms with Crippen molar-refractivity contribution in [1.82, 2.24) is 10.3 Å². The lowest BCUT2D eigenvalue weighted by molar-refractivity contribution is -0.137. The minimum Gasteiger partial charge on any atom is -0.310 e. The van der Waals surface area contributed by atoms with Crippen LogP contribution in [0, 0.1) is 0 Å². The van der Waals surface area contributed by atoms with E-state index in [9.17, 15) is 13.2 Å². The molecule has 0 aliphatic rings. The normalized spacial score (nSPS) is 13.1. The van der Waals surface area contributed by atoms with Gasteiger partial charge < -0.3 is 5.32 Å². The molecule has 1 N–H and O–H groups in total. The van der Waals surface area contributed by atoms with Crippen LogP contribution in [0.5, 0.6) is 0 Å². The summed E-state index contributed by atoms with van der Waals surface area (Å²) in [6, 6.07) is 9.06. The van der Waals surface area contributed by atoms with Crippen LogP contribution in [0.25, 0.3) is 0 Å². The maximum Gasteiger partial charge on any atom is 0.416 e. The van der Waals surface area contributed by atoms with Crippen molar-refractivity contribution in [2.75, 3.05) is 6.54 Å². The number of rotatable bonds is 5. The van der Waals surface area contributed by atoms with Crippen molar-refractivity contribution in [2.45, 2.75) is 25.6 Å². The number of hydrogen-bond acceptors (Lipinski definition) is 2. The molecule has 0 bridgehead atoms. The van der Waals surface area contributed by atoms with Gasteiger partial charge in [0.25, 0.3) is 0 Å². The predicted molar refractivity (Wildman–Crippen MR) is 75.8 cm³/mol. The van der Waals surface area contributed by atoms with Gasteiger partial charge in [0.2, 0.25) is 0 Å². The Morgan fingerprint density at radius 1 is 1.19 bits per heavy atom. The molecule has 0 fully saturated rings. The number of halogens is 3. The Kier molecular flexibility index (Phi) is 4.96. The van der Waals surface area contributed by atoms with Gasteiger partial charge in [-0.1, -0.05) is 25.1 Å². The van der Waals surface area contributed by atoms with Crippen molar-refractivity contribution in [2.24, 2.45) is 0 Å². The zero-order valence-electron chi connectivity index (χ0n) is 11.7. The number of hydrogen-bond donors (Lipinski definition) is 1. The highest BCUT2D eigenvalue weighted by Crippen LogP contribution is 2.31. The van der Waals surface area contributed by atoms with Gasteiger partial charge in [-0.3, -0.25) is 4.98 Å². The molecule has 0 saturated carbocycles. The summed E-state index contributed by atoms with van der Waals surface area (Å²) in [6.07, 6.45) is -0.307. The van der Waals surface area contributed by atoms with Crippen LogP contribution in [0.1, 0.15) is 29.7 Å². The summed E-state index contributed by atoms with van der Waals surface area (Å²) >= 11 is 0. The van der Waals surface area contributed by atoms with E-state index in [0.29, 0.717) is 18.5 Å². The van der Waals surface area contributed by atoms with Gasteiger partial charge in [0.1, 0.15) is 0 Å². The van der Waals surface area contributed by atoms with Crippen molar-refractivity contribution in [1.29, 1.82) is 0 Å². The van der Waals surface area contributed by atoms with Crippen LogP contribution < -0.4 is 5.32 Å². The van der Waals surface area contributed by atoms with Crippen molar-refractivity contribution >= 4 is 0 Å². The van der Waals surface area contributed by atoms with Crippen LogP contribution >= 0.6 is 0 Å². The second kappa shape index (κ2) is 6.72. The van der Waals surface area contributed by atoms with Gasteiger partial charge in [-0.2, -0.15) is 13.2 Å². The lowest BCUT2D eigenvalue weighted by Crippen LogP contribution is -2.23. The van der Waals surface area contributed by atoms with Crippen LogP contribution in [0.3, 0.4) is 0 Å². The molecule has 0 spiro atoms. The first kappa shape index (κ1) is 15.5. The second-order valence-electron chi connectivity index (χ2n) is 4.80. The zero-order chi connectivity index (χ0) is 15.3. The average molecular weight is 294 g/mol. The molecule has 1 atom stereocenters. The van der Waals surface area contributed by atoms with E-state index in [1.54, 1.807) is 18.5 Å². The average Bonchev–Trinajstić information content (AvgIpc) is 2.47. The van der Waals surface area contributed by atoms with Gasteiger partial charge in [-0.05, 0) is 42.3 Å². The first-order chi connectivity index (χ1) is 10.0. The summed E-state index contributed by atoms with van der Waals surface area (Å²) in [5, 5.41) is 3.23. The lowest BCUT2D eigenvalue weighted by atomic mass is 9.98. The van der Waals surface area contributed by atoms with Crippen LogP contribution in [0.15, 0.2) is 48.8 Å². The molecule has 0 aliphatic carbocycles. The highest BCUT2D eigenvalue weighted by atomic mass is 19.4. The van der Waals surface area contributed by atoms with Crippen LogP contribution in [-0.2, 0) is 12.6 Å². The largest absolute Gasteiger partial charge is 0.416 e. The lowest BCUT2D eigenvalue weighted by Gasteiger charge is -2.19. The van der Waals surface area contributed by atoms with Gasteiger partial charge in [0.05, 0.1) is 5.56 Å². The molecule has 112 valence electrons. The molecule has 1 heterocycles. The Hall–Kier alpha value is -1.88. The van der Waals surface area contributed by atoms with Gasteiger partial charge in [0.15, 0.2) is 0 Å². The number of nitrogens with one attached hydrogen (secondary N) is 1.